The summed E-state index contributed by atoms with van der Waals surface area (Å²) < 4.78 is 50.4. The molecule has 0 spiro atoms. The van der Waals surface area contributed by atoms with Crippen LogP contribution in [0.4, 0.5) is 9.18 Å². The molecule has 1 aromatic carbocycles. The third-order valence-electron chi connectivity index (χ3n) is 5.79. The monoisotopic (exact) mass is 486 g/mol. The molecule has 9 nitrogen and oxygen atoms in total. The van der Waals surface area contributed by atoms with Gasteiger partial charge in [0.1, 0.15) is 19.4 Å². The van der Waals surface area contributed by atoms with Crippen LogP contribution >= 0.6 is 0 Å². The molecule has 2 aliphatic rings. The Morgan fingerprint density at radius 3 is 2.58 bits per heavy atom. The van der Waals surface area contributed by atoms with Gasteiger partial charge in [0.2, 0.25) is 0 Å². The molecule has 3 rings (SSSR count). The highest BCUT2D eigenvalue weighted by Crippen LogP contribution is 2.50. The summed E-state index contributed by atoms with van der Waals surface area (Å²) in [7, 11) is -3.41. The molecule has 3 amide bonds. The molecule has 11 heteroatoms. The molecule has 1 atom stereocenters. The Hall–Kier alpha value is -2.24. The number of urea groups is 1. The normalized spacial score (nSPS) is 20.2. The summed E-state index contributed by atoms with van der Waals surface area (Å²) in [5, 5.41) is 12.0. The first-order valence-electron chi connectivity index (χ1n) is 10.9. The summed E-state index contributed by atoms with van der Waals surface area (Å²) >= 11 is 0. The molecule has 1 saturated carbocycles. The first-order valence-corrected chi connectivity index (χ1v) is 12.7. The quantitative estimate of drug-likeness (QED) is 0.341. The van der Waals surface area contributed by atoms with E-state index >= 15 is 0 Å². The highest BCUT2D eigenvalue weighted by molar-refractivity contribution is 7.91. The van der Waals surface area contributed by atoms with Gasteiger partial charge in [0.15, 0.2) is 21.4 Å². The Morgan fingerprint density at radius 2 is 2.00 bits per heavy atom. The smallest absolute Gasteiger partial charge is 0.326 e. The zero-order chi connectivity index (χ0) is 24.4. The number of imide groups is 1. The number of aliphatic hydroxyl groups is 1. The van der Waals surface area contributed by atoms with Crippen LogP contribution in [0.2, 0.25) is 0 Å². The van der Waals surface area contributed by atoms with E-state index in [1.807, 2.05) is 0 Å². The number of nitrogens with zero attached hydrogens (tertiary/aromatic N) is 1. The van der Waals surface area contributed by atoms with Gasteiger partial charge in [-0.15, -0.1) is 0 Å². The van der Waals surface area contributed by atoms with Gasteiger partial charge >= 0.3 is 6.03 Å². The maximum absolute atomic E-state index is 14.1. The first kappa shape index (κ1) is 25.4. The minimum atomic E-state index is -3.41. The molecule has 1 aliphatic heterocycles. The zero-order valence-electron chi connectivity index (χ0n) is 19.1. The SMILES string of the molecule is CC1C(=O)NC(=O)N1COCCCS(=O)(=O)CC1(c2ccc(F)c(OCC(C)(C)O)c2)CC1. The summed E-state index contributed by atoms with van der Waals surface area (Å²) in [6.45, 7) is 4.62. The van der Waals surface area contributed by atoms with E-state index in [0.717, 1.165) is 0 Å². The second kappa shape index (κ2) is 9.55. The summed E-state index contributed by atoms with van der Waals surface area (Å²) in [6, 6.07) is 3.22. The van der Waals surface area contributed by atoms with E-state index in [0.29, 0.717) is 18.4 Å². The second-order valence-corrected chi connectivity index (χ2v) is 11.6. The highest BCUT2D eigenvalue weighted by atomic mass is 32.2. The predicted molar refractivity (Wildman–Crippen MR) is 118 cm³/mol. The Morgan fingerprint density at radius 1 is 1.30 bits per heavy atom. The van der Waals surface area contributed by atoms with Gasteiger partial charge in [0.25, 0.3) is 5.91 Å². The second-order valence-electron chi connectivity index (χ2n) is 9.45. The fourth-order valence-electron chi connectivity index (χ4n) is 3.67. The van der Waals surface area contributed by atoms with E-state index in [2.05, 4.69) is 5.32 Å². The standard InChI is InChI=1S/C22H31FN2O7S/c1-15-19(26)24-20(27)25(15)14-31-9-4-10-33(29,30)13-22(7-8-22)16-5-6-17(23)18(11-16)32-12-21(2,3)28/h5-6,11,15,28H,4,7-10,12-14H2,1-3H3,(H,24,26,27). The van der Waals surface area contributed by atoms with Gasteiger partial charge in [0.05, 0.1) is 17.1 Å². The summed E-state index contributed by atoms with van der Waals surface area (Å²) in [5.74, 6) is -1.11. The number of rotatable bonds is 12. The highest BCUT2D eigenvalue weighted by Gasteiger charge is 2.47. The number of hydrogen-bond acceptors (Lipinski definition) is 7. The van der Waals surface area contributed by atoms with Crippen molar-refractivity contribution in [3.8, 4) is 5.75 Å². The minimum absolute atomic E-state index is 0.00893. The molecule has 1 saturated heterocycles. The molecular weight excluding hydrogens is 455 g/mol. The maximum atomic E-state index is 14.1. The number of halogens is 1. The fourth-order valence-corrected chi connectivity index (χ4v) is 5.67. The predicted octanol–water partition coefficient (Wildman–Crippen LogP) is 1.73. The van der Waals surface area contributed by atoms with E-state index in [9.17, 15) is 27.5 Å². The van der Waals surface area contributed by atoms with E-state index in [1.54, 1.807) is 26.8 Å². The number of benzene rings is 1. The van der Waals surface area contributed by atoms with Crippen LogP contribution in [0, 0.1) is 5.82 Å². The number of nitrogens with one attached hydrogen (secondary N) is 1. The van der Waals surface area contributed by atoms with Crippen LogP contribution in [0.5, 0.6) is 5.75 Å². The van der Waals surface area contributed by atoms with E-state index in [4.69, 9.17) is 9.47 Å². The van der Waals surface area contributed by atoms with E-state index < -0.39 is 44.7 Å². The lowest BCUT2D eigenvalue weighted by Gasteiger charge is -2.21. The van der Waals surface area contributed by atoms with Crippen molar-refractivity contribution in [3.63, 3.8) is 0 Å². The van der Waals surface area contributed by atoms with Crippen molar-refractivity contribution in [1.82, 2.24) is 10.2 Å². The van der Waals surface area contributed by atoms with Gasteiger partial charge in [-0.2, -0.15) is 0 Å². The Balaban J connectivity index is 1.51. The lowest BCUT2D eigenvalue weighted by atomic mass is 9.98. The molecule has 0 radical (unpaired) electrons. The molecule has 2 N–H and O–H groups in total. The molecule has 0 aromatic heterocycles. The maximum Gasteiger partial charge on any atom is 0.326 e. The van der Waals surface area contributed by atoms with Crippen LogP contribution in [0.3, 0.4) is 0 Å². The molecule has 1 heterocycles. The summed E-state index contributed by atoms with van der Waals surface area (Å²) in [5.41, 5.74) is -0.992. The van der Waals surface area contributed by atoms with Gasteiger partial charge in [-0.25, -0.2) is 17.6 Å². The van der Waals surface area contributed by atoms with Crippen molar-refractivity contribution in [1.29, 1.82) is 0 Å². The molecule has 1 aliphatic carbocycles. The number of ether oxygens (including phenoxy) is 2. The Bertz CT molecular complexity index is 1000. The van der Waals surface area contributed by atoms with Crippen molar-refractivity contribution in [2.45, 2.75) is 57.1 Å². The Kier molecular flexibility index (Phi) is 7.35. The fraction of sp³-hybridized carbons (Fsp3) is 0.636. The minimum Gasteiger partial charge on any atom is -0.488 e. The number of carbonyl (C=O) groups excluding carboxylic acids is 2. The molecule has 184 valence electrons. The molecule has 33 heavy (non-hydrogen) atoms. The topological polar surface area (TPSA) is 122 Å². The van der Waals surface area contributed by atoms with Crippen molar-refractivity contribution in [2.75, 3.05) is 31.5 Å². The lowest BCUT2D eigenvalue weighted by Crippen LogP contribution is -2.35. The zero-order valence-corrected chi connectivity index (χ0v) is 19.9. The van der Waals surface area contributed by atoms with Crippen LogP contribution < -0.4 is 10.1 Å². The molecule has 0 bridgehead atoms. The number of carbonyl (C=O) groups is 2. The van der Waals surface area contributed by atoms with Crippen molar-refractivity contribution in [2.24, 2.45) is 0 Å². The lowest BCUT2D eigenvalue weighted by molar-refractivity contribution is -0.121. The van der Waals surface area contributed by atoms with Crippen LogP contribution in [-0.4, -0.2) is 73.5 Å². The van der Waals surface area contributed by atoms with Crippen LogP contribution in [0.1, 0.15) is 45.6 Å². The Labute approximate surface area is 193 Å². The van der Waals surface area contributed by atoms with E-state index in [-0.39, 0.29) is 43.6 Å². The van der Waals surface area contributed by atoms with Gasteiger partial charge in [0, 0.05) is 12.0 Å². The van der Waals surface area contributed by atoms with Gasteiger partial charge < -0.3 is 14.6 Å². The molecule has 1 aromatic rings. The van der Waals surface area contributed by atoms with Crippen LogP contribution in [0.25, 0.3) is 0 Å². The first-order chi connectivity index (χ1) is 15.3. The van der Waals surface area contributed by atoms with Crippen molar-refractivity contribution < 1.29 is 37.0 Å². The molecule has 1 unspecified atom stereocenters. The van der Waals surface area contributed by atoms with Gasteiger partial charge in [-0.05, 0) is 57.7 Å². The molecule has 2 fully saturated rings. The van der Waals surface area contributed by atoms with Gasteiger partial charge in [-0.3, -0.25) is 15.0 Å². The average molecular weight is 487 g/mol. The van der Waals surface area contributed by atoms with Crippen LogP contribution in [-0.2, 0) is 24.8 Å². The van der Waals surface area contributed by atoms with Crippen molar-refractivity contribution >= 4 is 21.8 Å². The number of hydrogen-bond donors (Lipinski definition) is 2. The van der Waals surface area contributed by atoms with E-state index in [1.165, 1.54) is 17.0 Å². The largest absolute Gasteiger partial charge is 0.488 e. The van der Waals surface area contributed by atoms with Crippen LogP contribution in [0.15, 0.2) is 18.2 Å². The number of amides is 3. The average Bonchev–Trinajstić information content (AvgIpc) is 3.43. The van der Waals surface area contributed by atoms with Gasteiger partial charge in [-0.1, -0.05) is 6.07 Å². The third kappa shape index (κ3) is 6.64. The summed E-state index contributed by atoms with van der Waals surface area (Å²) in [4.78, 5) is 24.3. The van der Waals surface area contributed by atoms with Crippen molar-refractivity contribution in [3.05, 3.63) is 29.6 Å². The molecular formula is C22H31FN2O7S. The third-order valence-corrected chi connectivity index (χ3v) is 7.69. The number of sulfone groups is 1. The summed E-state index contributed by atoms with van der Waals surface area (Å²) in [6.07, 6.45) is 1.60.